The third kappa shape index (κ3) is 1.65. The van der Waals surface area contributed by atoms with Crippen LogP contribution < -0.4 is 4.74 Å². The summed E-state index contributed by atoms with van der Waals surface area (Å²) in [6, 6.07) is 8.59. The molecule has 0 spiro atoms. The Labute approximate surface area is 121 Å². The zero-order chi connectivity index (χ0) is 13.5. The number of halogens is 1. The fraction of sp³-hybridized carbons (Fsp3) is 0.533. The van der Waals surface area contributed by atoms with Gasteiger partial charge in [-0.05, 0) is 31.0 Å². The molecule has 0 unspecified atom stereocenters. The van der Waals surface area contributed by atoms with Gasteiger partial charge < -0.3 is 9.47 Å². The molecule has 0 bridgehead atoms. The van der Waals surface area contributed by atoms with Gasteiger partial charge in [-0.3, -0.25) is 0 Å². The summed E-state index contributed by atoms with van der Waals surface area (Å²) in [5.41, 5.74) is 0.630. The molecule has 1 aromatic carbocycles. The van der Waals surface area contributed by atoms with Crippen LogP contribution in [0, 0.1) is 16.7 Å². The van der Waals surface area contributed by atoms with Crippen molar-refractivity contribution in [1.82, 2.24) is 0 Å². The molecule has 1 aliphatic heterocycles. The van der Waals surface area contributed by atoms with Crippen molar-refractivity contribution >= 4 is 15.9 Å². The summed E-state index contributed by atoms with van der Waals surface area (Å²) < 4.78 is 12.0. The fourth-order valence-corrected chi connectivity index (χ4v) is 3.64. The van der Waals surface area contributed by atoms with Crippen LogP contribution in [0.3, 0.4) is 0 Å². The van der Waals surface area contributed by atoms with E-state index in [2.05, 4.69) is 28.1 Å². The first-order chi connectivity index (χ1) is 9.17. The van der Waals surface area contributed by atoms with Crippen LogP contribution in [0.4, 0.5) is 0 Å². The first kappa shape index (κ1) is 13.0. The van der Waals surface area contributed by atoms with Crippen LogP contribution in [-0.4, -0.2) is 20.3 Å². The van der Waals surface area contributed by atoms with Crippen molar-refractivity contribution in [3.8, 4) is 11.8 Å². The summed E-state index contributed by atoms with van der Waals surface area (Å²) in [7, 11) is 1.68. The number of nitriles is 1. The second kappa shape index (κ2) is 4.50. The Balaban J connectivity index is 2.13. The first-order valence-corrected chi connectivity index (χ1v) is 7.30. The lowest BCUT2D eigenvalue weighted by Crippen LogP contribution is -2.61. The summed E-state index contributed by atoms with van der Waals surface area (Å²) in [6.45, 7) is 1.24. The average Bonchev–Trinajstić information content (AvgIpc) is 2.31. The molecule has 1 saturated carbocycles. The minimum atomic E-state index is -0.278. The Hall–Kier alpha value is -1.05. The maximum atomic E-state index is 9.67. The molecule has 1 aliphatic carbocycles. The Morgan fingerprint density at radius 2 is 2.11 bits per heavy atom. The second-order valence-corrected chi connectivity index (χ2v) is 6.38. The van der Waals surface area contributed by atoms with Gasteiger partial charge in [0.2, 0.25) is 0 Å². The van der Waals surface area contributed by atoms with Gasteiger partial charge in [0.15, 0.2) is 0 Å². The average molecular weight is 322 g/mol. The molecule has 3 rings (SSSR count). The number of ether oxygens (including phenoxy) is 2. The molecular formula is C15H16BrNO2. The Morgan fingerprint density at radius 3 is 2.53 bits per heavy atom. The summed E-state index contributed by atoms with van der Waals surface area (Å²) in [4.78, 5) is 0. The van der Waals surface area contributed by atoms with Crippen LogP contribution in [0.5, 0.6) is 5.75 Å². The second-order valence-electron chi connectivity index (χ2n) is 5.47. The quantitative estimate of drug-likeness (QED) is 0.856. The Morgan fingerprint density at radius 1 is 1.37 bits per heavy atom. The van der Waals surface area contributed by atoms with E-state index in [4.69, 9.17) is 9.47 Å². The SMILES string of the molecule is COc1ccc(Br)cc1C1(C2(C#N)CCC2)COC1. The van der Waals surface area contributed by atoms with Gasteiger partial charge in [0.05, 0.1) is 37.2 Å². The summed E-state index contributed by atoms with van der Waals surface area (Å²) in [5.74, 6) is 0.855. The van der Waals surface area contributed by atoms with Gasteiger partial charge in [-0.2, -0.15) is 5.26 Å². The molecule has 1 aromatic rings. The van der Waals surface area contributed by atoms with Gasteiger partial charge in [0.1, 0.15) is 5.75 Å². The van der Waals surface area contributed by atoms with E-state index >= 15 is 0 Å². The third-order valence-electron chi connectivity index (χ3n) is 4.71. The predicted octanol–water partition coefficient (Wildman–Crippen LogP) is 3.42. The summed E-state index contributed by atoms with van der Waals surface area (Å²) in [6.07, 6.45) is 3.05. The predicted molar refractivity (Wildman–Crippen MR) is 75.1 cm³/mol. The van der Waals surface area contributed by atoms with E-state index in [1.807, 2.05) is 12.1 Å². The van der Waals surface area contributed by atoms with E-state index in [-0.39, 0.29) is 10.8 Å². The normalized spacial score (nSPS) is 22.8. The highest BCUT2D eigenvalue weighted by atomic mass is 79.9. The van der Waals surface area contributed by atoms with Crippen molar-refractivity contribution < 1.29 is 9.47 Å². The standard InChI is InChI=1S/C15H16BrNO2/c1-18-13-4-3-11(16)7-12(13)15(9-19-10-15)14(8-17)5-2-6-14/h3-4,7H,2,5-6,9-10H2,1H3. The molecule has 2 fully saturated rings. The molecule has 0 atom stereocenters. The third-order valence-corrected chi connectivity index (χ3v) is 5.20. The van der Waals surface area contributed by atoms with E-state index < -0.39 is 0 Å². The highest BCUT2D eigenvalue weighted by Crippen LogP contribution is 2.59. The fourth-order valence-electron chi connectivity index (χ4n) is 3.28. The van der Waals surface area contributed by atoms with Crippen molar-refractivity contribution in [2.45, 2.75) is 24.7 Å². The highest BCUT2D eigenvalue weighted by Gasteiger charge is 2.61. The smallest absolute Gasteiger partial charge is 0.122 e. The minimum Gasteiger partial charge on any atom is -0.496 e. The molecule has 0 aromatic heterocycles. The van der Waals surface area contributed by atoms with E-state index in [1.165, 1.54) is 0 Å². The zero-order valence-electron chi connectivity index (χ0n) is 10.9. The Kier molecular flexibility index (Phi) is 3.07. The molecular weight excluding hydrogens is 306 g/mol. The van der Waals surface area contributed by atoms with Crippen LogP contribution in [0.2, 0.25) is 0 Å². The molecule has 0 radical (unpaired) electrons. The summed E-state index contributed by atoms with van der Waals surface area (Å²) >= 11 is 3.52. The molecule has 0 N–H and O–H groups in total. The number of rotatable bonds is 3. The molecule has 100 valence electrons. The van der Waals surface area contributed by atoms with E-state index in [0.29, 0.717) is 13.2 Å². The molecule has 1 saturated heterocycles. The maximum Gasteiger partial charge on any atom is 0.122 e. The maximum absolute atomic E-state index is 9.67. The molecule has 4 heteroatoms. The largest absolute Gasteiger partial charge is 0.496 e. The van der Waals surface area contributed by atoms with E-state index in [0.717, 1.165) is 35.0 Å². The van der Waals surface area contributed by atoms with Gasteiger partial charge in [-0.15, -0.1) is 0 Å². The van der Waals surface area contributed by atoms with Gasteiger partial charge in [0.25, 0.3) is 0 Å². The molecule has 0 amide bonds. The molecule has 19 heavy (non-hydrogen) atoms. The van der Waals surface area contributed by atoms with Gasteiger partial charge >= 0.3 is 0 Å². The molecule has 3 nitrogen and oxygen atoms in total. The lowest BCUT2D eigenvalue weighted by Gasteiger charge is -2.56. The van der Waals surface area contributed by atoms with Crippen LogP contribution in [0.15, 0.2) is 22.7 Å². The number of hydrogen-bond acceptors (Lipinski definition) is 3. The van der Waals surface area contributed by atoms with Crippen molar-refractivity contribution in [3.05, 3.63) is 28.2 Å². The first-order valence-electron chi connectivity index (χ1n) is 6.50. The monoisotopic (exact) mass is 321 g/mol. The number of nitrogens with zero attached hydrogens (tertiary/aromatic N) is 1. The van der Waals surface area contributed by atoms with E-state index in [1.54, 1.807) is 7.11 Å². The molecule has 2 aliphatic rings. The van der Waals surface area contributed by atoms with E-state index in [9.17, 15) is 5.26 Å². The highest BCUT2D eigenvalue weighted by molar-refractivity contribution is 9.10. The van der Waals surface area contributed by atoms with Gasteiger partial charge in [-0.25, -0.2) is 0 Å². The van der Waals surface area contributed by atoms with Gasteiger partial charge in [0, 0.05) is 10.0 Å². The lowest BCUT2D eigenvalue weighted by atomic mass is 9.50. The van der Waals surface area contributed by atoms with Crippen molar-refractivity contribution in [2.24, 2.45) is 5.41 Å². The Bertz CT molecular complexity index is 542. The lowest BCUT2D eigenvalue weighted by molar-refractivity contribution is -0.135. The van der Waals surface area contributed by atoms with Crippen LogP contribution >= 0.6 is 15.9 Å². The van der Waals surface area contributed by atoms with Gasteiger partial charge in [-0.1, -0.05) is 22.4 Å². The number of benzene rings is 1. The number of hydrogen-bond donors (Lipinski definition) is 0. The van der Waals surface area contributed by atoms with Crippen molar-refractivity contribution in [1.29, 1.82) is 5.26 Å². The molecule has 1 heterocycles. The topological polar surface area (TPSA) is 42.2 Å². The van der Waals surface area contributed by atoms with Crippen molar-refractivity contribution in [3.63, 3.8) is 0 Å². The summed E-state index contributed by atoms with van der Waals surface area (Å²) in [5, 5.41) is 9.67. The minimum absolute atomic E-state index is 0.199. The van der Waals surface area contributed by atoms with Crippen molar-refractivity contribution in [2.75, 3.05) is 20.3 Å². The zero-order valence-corrected chi connectivity index (χ0v) is 12.5. The van der Waals surface area contributed by atoms with Crippen LogP contribution in [0.25, 0.3) is 0 Å². The van der Waals surface area contributed by atoms with Crippen LogP contribution in [-0.2, 0) is 10.2 Å². The van der Waals surface area contributed by atoms with Crippen LogP contribution in [0.1, 0.15) is 24.8 Å². The number of methoxy groups -OCH3 is 1.